The fourth-order valence-corrected chi connectivity index (χ4v) is 2.68. The van der Waals surface area contributed by atoms with E-state index in [-0.39, 0.29) is 17.0 Å². The van der Waals surface area contributed by atoms with Crippen LogP contribution in [0, 0.1) is 12.7 Å². The van der Waals surface area contributed by atoms with Crippen molar-refractivity contribution in [2.24, 2.45) is 0 Å². The first-order chi connectivity index (χ1) is 12.5. The van der Waals surface area contributed by atoms with E-state index < -0.39 is 11.7 Å². The highest BCUT2D eigenvalue weighted by molar-refractivity contribution is 6.31. The van der Waals surface area contributed by atoms with Crippen molar-refractivity contribution in [2.45, 2.75) is 13.3 Å². The number of aryl methyl sites for hydroxylation is 1. The van der Waals surface area contributed by atoms with Gasteiger partial charge in [0, 0.05) is 16.3 Å². The maximum absolute atomic E-state index is 13.8. The lowest BCUT2D eigenvalue weighted by atomic mass is 10.1. The van der Waals surface area contributed by atoms with Gasteiger partial charge >= 0.3 is 0 Å². The number of carbonyl (C=O) groups excluding carboxylic acids is 1. The minimum Gasteiger partial charge on any atom is -0.494 e. The zero-order chi connectivity index (χ0) is 18.7. The molecule has 1 amide bonds. The van der Waals surface area contributed by atoms with Gasteiger partial charge in [-0.3, -0.25) is 4.79 Å². The molecule has 0 aliphatic carbocycles. The topological polar surface area (TPSA) is 81.9 Å². The maximum atomic E-state index is 13.8. The van der Waals surface area contributed by atoms with E-state index in [9.17, 15) is 9.18 Å². The van der Waals surface area contributed by atoms with Gasteiger partial charge in [-0.25, -0.2) is 4.39 Å². The van der Waals surface area contributed by atoms with Crippen LogP contribution in [0.15, 0.2) is 36.4 Å². The second-order valence-corrected chi connectivity index (χ2v) is 5.86. The van der Waals surface area contributed by atoms with Crippen molar-refractivity contribution in [1.29, 1.82) is 0 Å². The fourth-order valence-electron chi connectivity index (χ4n) is 2.45. The average molecular weight is 376 g/mol. The summed E-state index contributed by atoms with van der Waals surface area (Å²) in [6.07, 6.45) is -0.184. The van der Waals surface area contributed by atoms with Gasteiger partial charge in [0.25, 0.3) is 0 Å². The van der Waals surface area contributed by atoms with Crippen molar-refractivity contribution in [3.05, 3.63) is 58.6 Å². The molecule has 0 radical (unpaired) electrons. The zero-order valence-electron chi connectivity index (χ0n) is 14.0. The van der Waals surface area contributed by atoms with Crippen LogP contribution < -0.4 is 10.1 Å². The van der Waals surface area contributed by atoms with Gasteiger partial charge in [0.2, 0.25) is 5.91 Å². The minimum absolute atomic E-state index is 0.150. The first kappa shape index (κ1) is 17.8. The van der Waals surface area contributed by atoms with E-state index in [2.05, 4.69) is 20.8 Å². The normalized spacial score (nSPS) is 10.6. The molecule has 1 aromatic heterocycles. The second-order valence-electron chi connectivity index (χ2n) is 5.45. The number of amides is 1. The molecule has 134 valence electrons. The van der Waals surface area contributed by atoms with Crippen LogP contribution in [0.3, 0.4) is 0 Å². The lowest BCUT2D eigenvalue weighted by Crippen LogP contribution is -2.16. The Bertz CT molecular complexity index is 940. The standard InChI is InChI=1S/C17H15ClFN5O2/c1-10-21-22-23-24(10)15-8-11(6-7-16(15)26-2)20-17(25)9-12-13(18)4-3-5-14(12)19/h3-8H,9H2,1-2H3,(H,20,25). The quantitative estimate of drug-likeness (QED) is 0.741. The summed E-state index contributed by atoms with van der Waals surface area (Å²) in [5.41, 5.74) is 1.21. The van der Waals surface area contributed by atoms with Gasteiger partial charge in [0.05, 0.1) is 13.5 Å². The number of aromatic nitrogens is 4. The SMILES string of the molecule is COc1ccc(NC(=O)Cc2c(F)cccc2Cl)cc1-n1nnnc1C. The Hall–Kier alpha value is -3.00. The van der Waals surface area contributed by atoms with Crippen LogP contribution in [0.1, 0.15) is 11.4 Å². The van der Waals surface area contributed by atoms with E-state index in [0.717, 1.165) is 0 Å². The van der Waals surface area contributed by atoms with E-state index in [1.807, 2.05) is 0 Å². The second kappa shape index (κ2) is 7.49. The molecule has 0 aliphatic heterocycles. The number of ether oxygens (including phenoxy) is 1. The lowest BCUT2D eigenvalue weighted by Gasteiger charge is -2.12. The van der Waals surface area contributed by atoms with E-state index in [4.69, 9.17) is 16.3 Å². The number of nitrogens with one attached hydrogen (secondary N) is 1. The van der Waals surface area contributed by atoms with E-state index in [0.29, 0.717) is 22.9 Å². The summed E-state index contributed by atoms with van der Waals surface area (Å²) in [5.74, 6) is 0.175. The van der Waals surface area contributed by atoms with Crippen LogP contribution in [0.5, 0.6) is 5.75 Å². The Morgan fingerprint density at radius 1 is 1.35 bits per heavy atom. The average Bonchev–Trinajstić information content (AvgIpc) is 3.04. The summed E-state index contributed by atoms with van der Waals surface area (Å²) in [7, 11) is 1.52. The van der Waals surface area contributed by atoms with Gasteiger partial charge in [-0.05, 0) is 47.7 Å². The molecule has 9 heteroatoms. The highest BCUT2D eigenvalue weighted by Gasteiger charge is 2.15. The predicted octanol–water partition coefficient (Wildman–Crippen LogP) is 2.95. The molecule has 0 aliphatic rings. The Morgan fingerprint density at radius 2 is 2.15 bits per heavy atom. The monoisotopic (exact) mass is 375 g/mol. The Labute approximate surface area is 153 Å². The molecule has 0 saturated carbocycles. The molecule has 26 heavy (non-hydrogen) atoms. The molecule has 3 rings (SSSR count). The van der Waals surface area contributed by atoms with Crippen molar-refractivity contribution in [3.8, 4) is 11.4 Å². The number of tetrazole rings is 1. The van der Waals surface area contributed by atoms with Crippen LogP contribution in [0.25, 0.3) is 5.69 Å². The van der Waals surface area contributed by atoms with Gasteiger partial charge in [0.1, 0.15) is 17.3 Å². The molecule has 0 fully saturated rings. The van der Waals surface area contributed by atoms with Crippen molar-refractivity contribution in [2.75, 3.05) is 12.4 Å². The highest BCUT2D eigenvalue weighted by atomic mass is 35.5. The number of hydrogen-bond donors (Lipinski definition) is 1. The van der Waals surface area contributed by atoms with Crippen molar-refractivity contribution >= 4 is 23.2 Å². The number of rotatable bonds is 5. The van der Waals surface area contributed by atoms with Crippen LogP contribution in [-0.2, 0) is 11.2 Å². The minimum atomic E-state index is -0.521. The Kier molecular flexibility index (Phi) is 5.13. The smallest absolute Gasteiger partial charge is 0.228 e. The number of methoxy groups -OCH3 is 1. The molecule has 0 atom stereocenters. The number of benzene rings is 2. The molecule has 0 unspecified atom stereocenters. The van der Waals surface area contributed by atoms with Crippen molar-refractivity contribution < 1.29 is 13.9 Å². The van der Waals surface area contributed by atoms with Gasteiger partial charge in [0.15, 0.2) is 5.82 Å². The molecular formula is C17H15ClFN5O2. The fraction of sp³-hybridized carbons (Fsp3) is 0.176. The van der Waals surface area contributed by atoms with Gasteiger partial charge in [-0.15, -0.1) is 5.10 Å². The summed E-state index contributed by atoms with van der Waals surface area (Å²) in [6, 6.07) is 9.32. The Balaban J connectivity index is 1.84. The summed E-state index contributed by atoms with van der Waals surface area (Å²) < 4.78 is 20.6. The predicted molar refractivity (Wildman–Crippen MR) is 94.2 cm³/mol. The van der Waals surface area contributed by atoms with Crippen LogP contribution in [0.2, 0.25) is 5.02 Å². The molecule has 3 aromatic rings. The molecule has 0 spiro atoms. The maximum Gasteiger partial charge on any atom is 0.228 e. The molecule has 0 bridgehead atoms. The van der Waals surface area contributed by atoms with Crippen LogP contribution in [0.4, 0.5) is 10.1 Å². The molecule has 7 nitrogen and oxygen atoms in total. The molecular weight excluding hydrogens is 361 g/mol. The molecule has 1 heterocycles. The summed E-state index contributed by atoms with van der Waals surface area (Å²) in [6.45, 7) is 1.74. The van der Waals surface area contributed by atoms with Gasteiger partial charge in [-0.2, -0.15) is 4.68 Å². The molecule has 0 saturated heterocycles. The molecule has 1 N–H and O–H groups in total. The van der Waals surface area contributed by atoms with Gasteiger partial charge < -0.3 is 10.1 Å². The lowest BCUT2D eigenvalue weighted by molar-refractivity contribution is -0.115. The number of anilines is 1. The third-order valence-electron chi connectivity index (χ3n) is 3.72. The van der Waals surface area contributed by atoms with E-state index in [1.54, 1.807) is 31.2 Å². The summed E-state index contributed by atoms with van der Waals surface area (Å²) in [4.78, 5) is 12.3. The van der Waals surface area contributed by atoms with Gasteiger partial charge in [-0.1, -0.05) is 17.7 Å². The largest absolute Gasteiger partial charge is 0.494 e. The zero-order valence-corrected chi connectivity index (χ0v) is 14.8. The van der Waals surface area contributed by atoms with Crippen molar-refractivity contribution in [1.82, 2.24) is 20.2 Å². The van der Waals surface area contributed by atoms with Crippen LogP contribution in [-0.4, -0.2) is 33.2 Å². The van der Waals surface area contributed by atoms with Crippen molar-refractivity contribution in [3.63, 3.8) is 0 Å². The highest BCUT2D eigenvalue weighted by Crippen LogP contribution is 2.27. The number of carbonyl (C=O) groups is 1. The number of nitrogens with zero attached hydrogens (tertiary/aromatic N) is 4. The number of halogens is 2. The summed E-state index contributed by atoms with van der Waals surface area (Å²) in [5, 5.41) is 14.3. The first-order valence-electron chi connectivity index (χ1n) is 7.65. The summed E-state index contributed by atoms with van der Waals surface area (Å²) >= 11 is 5.96. The van der Waals surface area contributed by atoms with E-state index >= 15 is 0 Å². The third kappa shape index (κ3) is 3.65. The molecule has 2 aromatic carbocycles. The Morgan fingerprint density at radius 3 is 2.81 bits per heavy atom. The first-order valence-corrected chi connectivity index (χ1v) is 8.03. The number of hydrogen-bond acceptors (Lipinski definition) is 5. The van der Waals surface area contributed by atoms with Crippen LogP contribution >= 0.6 is 11.6 Å². The van der Waals surface area contributed by atoms with E-state index in [1.165, 1.54) is 23.9 Å². The third-order valence-corrected chi connectivity index (χ3v) is 4.07.